The molecule has 3 aromatic rings. The molecular weight excluding hydrogens is 402 g/mol. The first-order chi connectivity index (χ1) is 14.3. The van der Waals surface area contributed by atoms with E-state index in [0.717, 1.165) is 22.2 Å². The maximum atomic E-state index is 12.4. The molecule has 2 aromatic heterocycles. The van der Waals surface area contributed by atoms with E-state index >= 15 is 0 Å². The molecule has 7 nitrogen and oxygen atoms in total. The molecule has 1 aromatic carbocycles. The topological polar surface area (TPSA) is 72.2 Å². The van der Waals surface area contributed by atoms with Crippen LogP contribution in [0.25, 0.3) is 17.0 Å². The summed E-state index contributed by atoms with van der Waals surface area (Å²) in [5.74, 6) is -0.172. The van der Waals surface area contributed by atoms with Crippen molar-refractivity contribution in [2.75, 3.05) is 18.4 Å². The molecule has 0 saturated heterocycles. The van der Waals surface area contributed by atoms with Crippen molar-refractivity contribution in [1.29, 1.82) is 0 Å². The van der Waals surface area contributed by atoms with Crippen molar-refractivity contribution in [2.24, 2.45) is 7.05 Å². The van der Waals surface area contributed by atoms with Crippen molar-refractivity contribution in [3.05, 3.63) is 52.9 Å². The largest absolute Gasteiger partial charge is 0.342 e. The molecule has 3 rings (SSSR count). The zero-order chi connectivity index (χ0) is 21.8. The summed E-state index contributed by atoms with van der Waals surface area (Å²) in [5.41, 5.74) is 3.11. The number of nitrogens with one attached hydrogen (secondary N) is 1. The number of carbonyl (C=O) groups excluding carboxylic acids is 2. The van der Waals surface area contributed by atoms with Gasteiger partial charge in [0.15, 0.2) is 0 Å². The maximum absolute atomic E-state index is 12.4. The molecule has 0 fully saturated rings. The number of hydrogen-bond acceptors (Lipinski definition) is 3. The van der Waals surface area contributed by atoms with Crippen LogP contribution in [0.3, 0.4) is 0 Å². The fourth-order valence-corrected chi connectivity index (χ4v) is 3.65. The summed E-state index contributed by atoms with van der Waals surface area (Å²) in [6.45, 7) is 7.48. The Hall–Kier alpha value is -3.06. The van der Waals surface area contributed by atoms with Crippen LogP contribution < -0.4 is 5.32 Å². The van der Waals surface area contributed by atoms with Crippen molar-refractivity contribution in [3.8, 4) is 0 Å². The van der Waals surface area contributed by atoms with Crippen LogP contribution in [-0.4, -0.2) is 44.2 Å². The van der Waals surface area contributed by atoms with E-state index in [1.54, 1.807) is 17.8 Å². The molecule has 0 aliphatic carbocycles. The number of benzene rings is 1. The van der Waals surface area contributed by atoms with E-state index in [-0.39, 0.29) is 11.8 Å². The van der Waals surface area contributed by atoms with E-state index in [1.165, 1.54) is 6.08 Å². The SMILES string of the molecule is CCN(CC)C(=O)Cn1ccc2cc(NC(=O)C=Cc3c(C)nn(C)c3Cl)ccc21. The molecule has 2 amide bonds. The summed E-state index contributed by atoms with van der Waals surface area (Å²) in [4.78, 5) is 26.5. The lowest BCUT2D eigenvalue weighted by atomic mass is 10.2. The predicted molar refractivity (Wildman–Crippen MR) is 120 cm³/mol. The fourth-order valence-electron chi connectivity index (χ4n) is 3.42. The summed E-state index contributed by atoms with van der Waals surface area (Å²) in [6.07, 6.45) is 4.99. The van der Waals surface area contributed by atoms with Gasteiger partial charge in [0.25, 0.3) is 0 Å². The minimum absolute atomic E-state index is 0.0874. The second-order valence-corrected chi connectivity index (χ2v) is 7.38. The summed E-state index contributed by atoms with van der Waals surface area (Å²) >= 11 is 6.19. The molecule has 0 spiro atoms. The zero-order valence-electron chi connectivity index (χ0n) is 17.6. The van der Waals surface area contributed by atoms with Crippen molar-refractivity contribution < 1.29 is 9.59 Å². The van der Waals surface area contributed by atoms with E-state index in [9.17, 15) is 9.59 Å². The molecule has 0 saturated carbocycles. The van der Waals surface area contributed by atoms with Crippen LogP contribution in [0.4, 0.5) is 5.69 Å². The number of carbonyl (C=O) groups is 2. The van der Waals surface area contributed by atoms with Gasteiger partial charge in [-0.05, 0) is 51.1 Å². The molecular formula is C22H26ClN5O2. The van der Waals surface area contributed by atoms with Gasteiger partial charge in [0, 0.05) is 54.6 Å². The van der Waals surface area contributed by atoms with Crippen LogP contribution in [0, 0.1) is 6.92 Å². The molecule has 0 aliphatic rings. The van der Waals surface area contributed by atoms with E-state index < -0.39 is 0 Å². The second-order valence-electron chi connectivity index (χ2n) is 7.02. The number of amides is 2. The number of aromatic nitrogens is 3. The third-order valence-electron chi connectivity index (χ3n) is 5.06. The molecule has 30 heavy (non-hydrogen) atoms. The molecule has 0 unspecified atom stereocenters. The molecule has 158 valence electrons. The third kappa shape index (κ3) is 4.57. The first-order valence-electron chi connectivity index (χ1n) is 9.88. The highest BCUT2D eigenvalue weighted by atomic mass is 35.5. The van der Waals surface area contributed by atoms with Gasteiger partial charge in [-0.15, -0.1) is 0 Å². The number of rotatable bonds is 7. The number of aryl methyl sites for hydroxylation is 2. The molecule has 0 aliphatic heterocycles. The Balaban J connectivity index is 1.71. The number of likely N-dealkylation sites (N-methyl/N-ethyl adjacent to an activating group) is 1. The summed E-state index contributed by atoms with van der Waals surface area (Å²) < 4.78 is 3.49. The van der Waals surface area contributed by atoms with Gasteiger partial charge in [-0.2, -0.15) is 5.10 Å². The lowest BCUT2D eigenvalue weighted by Crippen LogP contribution is -2.33. The van der Waals surface area contributed by atoms with E-state index in [1.807, 2.05) is 60.7 Å². The molecule has 0 radical (unpaired) electrons. The predicted octanol–water partition coefficient (Wildman–Crippen LogP) is 3.86. The summed E-state index contributed by atoms with van der Waals surface area (Å²) in [6, 6.07) is 7.57. The highest BCUT2D eigenvalue weighted by molar-refractivity contribution is 6.31. The van der Waals surface area contributed by atoms with Crippen molar-refractivity contribution in [3.63, 3.8) is 0 Å². The van der Waals surface area contributed by atoms with Crippen molar-refractivity contribution in [1.82, 2.24) is 19.2 Å². The quantitative estimate of drug-likeness (QED) is 0.582. The van der Waals surface area contributed by atoms with Crippen molar-refractivity contribution in [2.45, 2.75) is 27.3 Å². The monoisotopic (exact) mass is 427 g/mol. The van der Waals surface area contributed by atoms with Crippen LogP contribution in [-0.2, 0) is 23.2 Å². The second kappa shape index (κ2) is 9.17. The molecule has 0 atom stereocenters. The van der Waals surface area contributed by atoms with E-state index in [4.69, 9.17) is 11.6 Å². The Bertz CT molecular complexity index is 1110. The van der Waals surface area contributed by atoms with E-state index in [0.29, 0.717) is 30.5 Å². The maximum Gasteiger partial charge on any atom is 0.248 e. The first-order valence-corrected chi connectivity index (χ1v) is 10.3. The van der Waals surface area contributed by atoms with Gasteiger partial charge in [0.1, 0.15) is 11.7 Å². The Morgan fingerprint density at radius 2 is 1.97 bits per heavy atom. The van der Waals surface area contributed by atoms with Gasteiger partial charge in [-0.1, -0.05) is 11.6 Å². The lowest BCUT2D eigenvalue weighted by molar-refractivity contribution is -0.131. The van der Waals surface area contributed by atoms with Gasteiger partial charge in [0.05, 0.1) is 5.69 Å². The number of anilines is 1. The zero-order valence-corrected chi connectivity index (χ0v) is 18.4. The van der Waals surface area contributed by atoms with Gasteiger partial charge >= 0.3 is 0 Å². The lowest BCUT2D eigenvalue weighted by Gasteiger charge is -2.19. The molecule has 8 heteroatoms. The van der Waals surface area contributed by atoms with E-state index in [2.05, 4.69) is 10.4 Å². The average molecular weight is 428 g/mol. The number of hydrogen-bond donors (Lipinski definition) is 1. The minimum atomic E-state index is -0.259. The number of halogens is 1. The third-order valence-corrected chi connectivity index (χ3v) is 5.51. The van der Waals surface area contributed by atoms with Crippen LogP contribution in [0.2, 0.25) is 5.15 Å². The van der Waals surface area contributed by atoms with Gasteiger partial charge in [-0.25, -0.2) is 0 Å². The van der Waals surface area contributed by atoms with Crippen LogP contribution >= 0.6 is 11.6 Å². The van der Waals surface area contributed by atoms with Crippen LogP contribution in [0.5, 0.6) is 0 Å². The Morgan fingerprint density at radius 3 is 2.60 bits per heavy atom. The fraction of sp³-hybridized carbons (Fsp3) is 0.318. The summed E-state index contributed by atoms with van der Waals surface area (Å²) in [5, 5.41) is 8.52. The Kier molecular flexibility index (Phi) is 6.62. The smallest absolute Gasteiger partial charge is 0.248 e. The highest BCUT2D eigenvalue weighted by Crippen LogP contribution is 2.22. The van der Waals surface area contributed by atoms with Gasteiger partial charge in [0.2, 0.25) is 11.8 Å². The number of nitrogens with zero attached hydrogens (tertiary/aromatic N) is 4. The summed E-state index contributed by atoms with van der Waals surface area (Å²) in [7, 11) is 1.75. The normalized spacial score (nSPS) is 11.4. The van der Waals surface area contributed by atoms with Crippen LogP contribution in [0.1, 0.15) is 25.1 Å². The average Bonchev–Trinajstić information content (AvgIpc) is 3.21. The van der Waals surface area contributed by atoms with Crippen LogP contribution in [0.15, 0.2) is 36.5 Å². The standard InChI is InChI=1S/C22H26ClN5O2/c1-5-27(6-2)21(30)14-28-12-11-16-13-17(7-9-19(16)28)24-20(29)10-8-18-15(3)25-26(4)22(18)23/h7-13H,5-6,14H2,1-4H3,(H,24,29). The first kappa shape index (κ1) is 21.6. The highest BCUT2D eigenvalue weighted by Gasteiger charge is 2.12. The van der Waals surface area contributed by atoms with Crippen molar-refractivity contribution >= 4 is 46.1 Å². The molecule has 1 N–H and O–H groups in total. The van der Waals surface area contributed by atoms with Gasteiger partial charge in [-0.3, -0.25) is 14.3 Å². The van der Waals surface area contributed by atoms with Gasteiger partial charge < -0.3 is 14.8 Å². The Morgan fingerprint density at radius 1 is 1.23 bits per heavy atom. The number of fused-ring (bicyclic) bond motifs is 1. The molecule has 2 heterocycles. The Labute approximate surface area is 180 Å². The molecule has 0 bridgehead atoms. The minimum Gasteiger partial charge on any atom is -0.342 e.